The molecule has 4 heteroatoms. The van der Waals surface area contributed by atoms with Crippen molar-refractivity contribution in [1.29, 1.82) is 0 Å². The summed E-state index contributed by atoms with van der Waals surface area (Å²) >= 11 is 0. The summed E-state index contributed by atoms with van der Waals surface area (Å²) in [5, 5.41) is 0. The van der Waals surface area contributed by atoms with Crippen molar-refractivity contribution in [2.45, 2.75) is 18.9 Å². The van der Waals surface area contributed by atoms with Crippen molar-refractivity contribution in [3.05, 3.63) is 199 Å². The molecular formula is C44H36BN3. The van der Waals surface area contributed by atoms with Gasteiger partial charge in [-0.3, -0.25) is 0 Å². The Hall–Kier alpha value is -5.87. The van der Waals surface area contributed by atoms with E-state index >= 15 is 0 Å². The molecule has 0 aliphatic carbocycles. The van der Waals surface area contributed by atoms with Gasteiger partial charge in [0.1, 0.15) is 5.82 Å². The molecule has 48 heavy (non-hydrogen) atoms. The van der Waals surface area contributed by atoms with Gasteiger partial charge in [-0.05, 0) is 82.2 Å². The largest absolute Gasteiger partial charge is 0.387 e. The molecule has 3 nitrogen and oxygen atoms in total. The molecule has 0 amide bonds. The summed E-state index contributed by atoms with van der Waals surface area (Å²) < 4.78 is 0. The lowest BCUT2D eigenvalue weighted by Crippen LogP contribution is -2.42. The summed E-state index contributed by atoms with van der Waals surface area (Å²) in [7, 11) is 0. The minimum Gasteiger partial charge on any atom is -0.387 e. The Morgan fingerprint density at radius 1 is 0.438 bits per heavy atom. The highest BCUT2D eigenvalue weighted by Gasteiger charge is 2.50. The molecule has 1 saturated heterocycles. The van der Waals surface area contributed by atoms with Crippen LogP contribution in [0.15, 0.2) is 188 Å². The Kier molecular flexibility index (Phi) is 8.06. The fourth-order valence-corrected chi connectivity index (χ4v) is 7.40. The van der Waals surface area contributed by atoms with Crippen molar-refractivity contribution in [3.8, 4) is 33.4 Å². The first-order chi connectivity index (χ1) is 23.8. The van der Waals surface area contributed by atoms with Crippen LogP contribution in [0.3, 0.4) is 0 Å². The average molecular weight is 618 g/mol. The Morgan fingerprint density at radius 2 is 0.896 bits per heavy atom. The molecule has 7 aromatic rings. The van der Waals surface area contributed by atoms with Gasteiger partial charge in [-0.2, -0.15) is 0 Å². The normalized spacial score (nSPS) is 15.9. The molecule has 0 unspecified atom stereocenters. The predicted molar refractivity (Wildman–Crippen MR) is 202 cm³/mol. The van der Waals surface area contributed by atoms with Crippen molar-refractivity contribution < 1.29 is 0 Å². The van der Waals surface area contributed by atoms with Crippen molar-refractivity contribution in [1.82, 2.24) is 4.98 Å². The molecule has 0 radical (unpaired) electrons. The predicted octanol–water partition coefficient (Wildman–Crippen LogP) is 11.0. The topological polar surface area (TPSA) is 19.4 Å². The zero-order chi connectivity index (χ0) is 32.3. The second kappa shape index (κ2) is 13.1. The summed E-state index contributed by atoms with van der Waals surface area (Å²) in [6.45, 7) is 2.32. The number of anilines is 2. The Morgan fingerprint density at radius 3 is 1.44 bits per heavy atom. The Labute approximate surface area is 283 Å². The highest BCUT2D eigenvalue weighted by atomic mass is 15.4. The van der Waals surface area contributed by atoms with Gasteiger partial charge in [0.2, 0.25) is 0 Å². The molecule has 1 aliphatic heterocycles. The van der Waals surface area contributed by atoms with Crippen molar-refractivity contribution in [2.24, 2.45) is 0 Å². The number of nitrogens with zero attached hydrogens (tertiary/aromatic N) is 3. The molecule has 1 aromatic heterocycles. The van der Waals surface area contributed by atoms with Crippen LogP contribution < -0.4 is 9.62 Å². The molecule has 6 aromatic carbocycles. The third-order valence-corrected chi connectivity index (χ3v) is 9.54. The van der Waals surface area contributed by atoms with E-state index in [1.54, 1.807) is 0 Å². The summed E-state index contributed by atoms with van der Waals surface area (Å²) in [6.07, 6.45) is 1.90. The minimum absolute atomic E-state index is 0.00219. The van der Waals surface area contributed by atoms with Crippen LogP contribution in [0.25, 0.3) is 33.4 Å². The summed E-state index contributed by atoms with van der Waals surface area (Å²) in [5.41, 5.74) is 10.9. The zero-order valence-electron chi connectivity index (χ0n) is 27.0. The number of pyridine rings is 1. The monoisotopic (exact) mass is 617 g/mol. The molecule has 8 rings (SSSR count). The first-order valence-corrected chi connectivity index (χ1v) is 16.7. The van der Waals surface area contributed by atoms with E-state index in [1.807, 2.05) is 12.3 Å². The van der Waals surface area contributed by atoms with E-state index in [1.165, 1.54) is 50.2 Å². The van der Waals surface area contributed by atoms with Crippen LogP contribution in [-0.2, 0) is 0 Å². The second-order valence-corrected chi connectivity index (χ2v) is 12.4. The van der Waals surface area contributed by atoms with Gasteiger partial charge in [-0.15, -0.1) is 0 Å². The number of rotatable bonds is 7. The maximum absolute atomic E-state index is 4.91. The SMILES string of the molecule is CB1N(c2ccccn2)[C@@H](c2ccccc2)[C@H](c2ccccc2)N1c1ccccc1-c1cc(-c2ccccc2)cc(-c2ccccc2)c1. The number of para-hydroxylation sites is 1. The van der Waals surface area contributed by atoms with E-state index in [0.29, 0.717) is 0 Å². The number of aromatic nitrogens is 1. The van der Waals surface area contributed by atoms with E-state index in [-0.39, 0.29) is 19.1 Å². The van der Waals surface area contributed by atoms with Crippen LogP contribution >= 0.6 is 0 Å². The van der Waals surface area contributed by atoms with Gasteiger partial charge in [0.05, 0.1) is 12.1 Å². The molecule has 0 bridgehead atoms. The fraction of sp³-hybridized carbons (Fsp3) is 0.0682. The lowest BCUT2D eigenvalue weighted by atomic mass is 9.75. The smallest absolute Gasteiger partial charge is 0.374 e. The first kappa shape index (κ1) is 29.5. The molecule has 0 saturated carbocycles. The molecule has 1 aliphatic rings. The van der Waals surface area contributed by atoms with Crippen LogP contribution in [0.2, 0.25) is 6.82 Å². The molecule has 1 fully saturated rings. The van der Waals surface area contributed by atoms with Crippen molar-refractivity contribution in [2.75, 3.05) is 9.62 Å². The van der Waals surface area contributed by atoms with E-state index in [0.717, 1.165) is 5.82 Å². The maximum atomic E-state index is 4.91. The van der Waals surface area contributed by atoms with E-state index < -0.39 is 0 Å². The van der Waals surface area contributed by atoms with Crippen molar-refractivity contribution >= 4 is 18.5 Å². The van der Waals surface area contributed by atoms with Gasteiger partial charge in [-0.1, -0.05) is 146 Å². The summed E-state index contributed by atoms with van der Waals surface area (Å²) in [6, 6.07) is 65.5. The van der Waals surface area contributed by atoms with Gasteiger partial charge in [-0.25, -0.2) is 4.98 Å². The van der Waals surface area contributed by atoms with Crippen LogP contribution in [-0.4, -0.2) is 12.0 Å². The molecule has 0 spiro atoms. The zero-order valence-corrected chi connectivity index (χ0v) is 27.0. The Balaban J connectivity index is 1.35. The highest BCUT2D eigenvalue weighted by Crippen LogP contribution is 2.51. The summed E-state index contributed by atoms with van der Waals surface area (Å²) in [5.74, 6) is 0.970. The van der Waals surface area contributed by atoms with Gasteiger partial charge < -0.3 is 9.62 Å². The summed E-state index contributed by atoms with van der Waals surface area (Å²) in [4.78, 5) is 10.0. The maximum Gasteiger partial charge on any atom is 0.374 e. The van der Waals surface area contributed by atoms with E-state index in [2.05, 4.69) is 192 Å². The molecular weight excluding hydrogens is 581 g/mol. The standard InChI is InChI=1S/C44H36BN3/c1-45-47(43(35-22-10-4-11-23-35)44(36-24-12-5-13-25-36)48(45)42-28-16-17-29-46-42)41-27-15-14-26-40(41)39-31-37(33-18-6-2-7-19-33)30-38(32-39)34-20-8-3-9-21-34/h2-32,43-44H,1H3/t43-,44-/m0/s1. The first-order valence-electron chi connectivity index (χ1n) is 16.7. The third kappa shape index (κ3) is 5.56. The third-order valence-electron chi connectivity index (χ3n) is 9.54. The van der Waals surface area contributed by atoms with Gasteiger partial charge >= 0.3 is 6.98 Å². The number of hydrogen-bond acceptors (Lipinski definition) is 3. The lowest BCUT2D eigenvalue weighted by Gasteiger charge is -2.33. The molecule has 2 heterocycles. The molecule has 230 valence electrons. The van der Waals surface area contributed by atoms with Crippen LogP contribution in [0.1, 0.15) is 23.2 Å². The molecule has 0 N–H and O–H groups in total. The van der Waals surface area contributed by atoms with Crippen LogP contribution in [0.5, 0.6) is 0 Å². The van der Waals surface area contributed by atoms with Crippen LogP contribution in [0, 0.1) is 0 Å². The van der Waals surface area contributed by atoms with Crippen LogP contribution in [0.4, 0.5) is 11.5 Å². The van der Waals surface area contributed by atoms with Gasteiger partial charge in [0.15, 0.2) is 0 Å². The van der Waals surface area contributed by atoms with Crippen molar-refractivity contribution in [3.63, 3.8) is 0 Å². The second-order valence-electron chi connectivity index (χ2n) is 12.4. The van der Waals surface area contributed by atoms with Gasteiger partial charge in [0, 0.05) is 17.4 Å². The fourth-order valence-electron chi connectivity index (χ4n) is 7.40. The quantitative estimate of drug-likeness (QED) is 0.166. The van der Waals surface area contributed by atoms with E-state index in [9.17, 15) is 0 Å². The minimum atomic E-state index is 0.00219. The number of hydrogen-bond donors (Lipinski definition) is 0. The van der Waals surface area contributed by atoms with Gasteiger partial charge in [0.25, 0.3) is 0 Å². The van der Waals surface area contributed by atoms with E-state index in [4.69, 9.17) is 4.98 Å². The highest BCUT2D eigenvalue weighted by molar-refractivity contribution is 6.67. The average Bonchev–Trinajstić information content (AvgIpc) is 3.48. The number of benzene rings is 6. The lowest BCUT2D eigenvalue weighted by molar-refractivity contribution is 0.616. The molecule has 2 atom stereocenters. The Bertz CT molecular complexity index is 2050.